The Bertz CT molecular complexity index is 463. The van der Waals surface area contributed by atoms with Gasteiger partial charge in [-0.3, -0.25) is 4.79 Å². The molecule has 5 heteroatoms. The second kappa shape index (κ2) is 7.50. The summed E-state index contributed by atoms with van der Waals surface area (Å²) in [7, 11) is 0. The molecule has 20 heavy (non-hydrogen) atoms. The van der Waals surface area contributed by atoms with E-state index in [1.807, 2.05) is 25.1 Å². The van der Waals surface area contributed by atoms with Gasteiger partial charge in [-0.05, 0) is 24.1 Å². The maximum absolute atomic E-state index is 12.0. The lowest BCUT2D eigenvalue weighted by Crippen LogP contribution is -2.24. The number of benzene rings is 1. The monoisotopic (exact) mass is 298 g/mol. The molecular weight excluding hydrogens is 276 g/mol. The molecule has 1 heterocycles. The Hall–Kier alpha value is -1.26. The number of fused-ring (bicyclic) bond motifs is 1. The summed E-state index contributed by atoms with van der Waals surface area (Å²) in [6, 6.07) is 5.81. The van der Waals surface area contributed by atoms with Crippen LogP contribution in [0.5, 0.6) is 5.75 Å². The third-order valence-electron chi connectivity index (χ3n) is 3.59. The standard InChI is InChI=1S/C15H22N2O2.ClH/c1-10(2)11(3)15(18)17-13-4-5-14-12(8-13)9-16-6-7-19-14;/h4-5,8,10-11,16H,6-7,9H2,1-3H3,(H,17,18);1H. The van der Waals surface area contributed by atoms with E-state index in [2.05, 4.69) is 24.5 Å². The van der Waals surface area contributed by atoms with Gasteiger partial charge in [0.25, 0.3) is 0 Å². The number of hydrogen-bond acceptors (Lipinski definition) is 3. The van der Waals surface area contributed by atoms with Crippen LogP contribution in [0.15, 0.2) is 18.2 Å². The highest BCUT2D eigenvalue weighted by Gasteiger charge is 2.17. The maximum Gasteiger partial charge on any atom is 0.227 e. The fourth-order valence-electron chi connectivity index (χ4n) is 1.95. The average Bonchev–Trinajstić information content (AvgIpc) is 2.62. The van der Waals surface area contributed by atoms with Crippen molar-refractivity contribution in [2.75, 3.05) is 18.5 Å². The first-order valence-corrected chi connectivity index (χ1v) is 6.85. The molecule has 1 aromatic rings. The fourth-order valence-corrected chi connectivity index (χ4v) is 1.95. The van der Waals surface area contributed by atoms with Crippen molar-refractivity contribution in [2.24, 2.45) is 11.8 Å². The second-order valence-corrected chi connectivity index (χ2v) is 5.37. The van der Waals surface area contributed by atoms with E-state index < -0.39 is 0 Å². The number of carbonyl (C=O) groups excluding carboxylic acids is 1. The molecule has 1 amide bonds. The van der Waals surface area contributed by atoms with Crippen molar-refractivity contribution in [1.82, 2.24) is 5.32 Å². The SMILES string of the molecule is CC(C)C(C)C(=O)Nc1ccc2c(c1)CNCCO2.Cl. The summed E-state index contributed by atoms with van der Waals surface area (Å²) in [4.78, 5) is 12.0. The average molecular weight is 299 g/mol. The molecule has 0 radical (unpaired) electrons. The molecule has 0 saturated heterocycles. The van der Waals surface area contributed by atoms with Crippen molar-refractivity contribution < 1.29 is 9.53 Å². The number of rotatable bonds is 3. The quantitative estimate of drug-likeness (QED) is 0.902. The number of ether oxygens (including phenoxy) is 1. The molecule has 112 valence electrons. The first kappa shape index (κ1) is 16.8. The number of anilines is 1. The summed E-state index contributed by atoms with van der Waals surface area (Å²) in [5.74, 6) is 1.32. The van der Waals surface area contributed by atoms with Crippen molar-refractivity contribution in [3.05, 3.63) is 23.8 Å². The van der Waals surface area contributed by atoms with Crippen molar-refractivity contribution in [3.63, 3.8) is 0 Å². The van der Waals surface area contributed by atoms with E-state index in [0.717, 1.165) is 30.1 Å². The van der Waals surface area contributed by atoms with Crippen LogP contribution in [0.3, 0.4) is 0 Å². The van der Waals surface area contributed by atoms with Gasteiger partial charge in [0.2, 0.25) is 5.91 Å². The molecule has 2 N–H and O–H groups in total. The Morgan fingerprint density at radius 2 is 2.10 bits per heavy atom. The van der Waals surface area contributed by atoms with Crippen LogP contribution in [-0.4, -0.2) is 19.1 Å². The molecule has 1 aliphatic heterocycles. The van der Waals surface area contributed by atoms with Crippen LogP contribution in [-0.2, 0) is 11.3 Å². The molecule has 0 saturated carbocycles. The summed E-state index contributed by atoms with van der Waals surface area (Å²) in [6.45, 7) is 8.37. The van der Waals surface area contributed by atoms with Gasteiger partial charge < -0.3 is 15.4 Å². The molecule has 2 rings (SSSR count). The molecule has 0 spiro atoms. The lowest BCUT2D eigenvalue weighted by Gasteiger charge is -2.16. The molecule has 1 aliphatic rings. The van der Waals surface area contributed by atoms with Gasteiger partial charge in [0.1, 0.15) is 12.4 Å². The Balaban J connectivity index is 0.00000200. The van der Waals surface area contributed by atoms with Crippen LogP contribution in [0.2, 0.25) is 0 Å². The molecule has 1 aromatic carbocycles. The number of amides is 1. The summed E-state index contributed by atoms with van der Waals surface area (Å²) in [5, 5.41) is 6.26. The van der Waals surface area contributed by atoms with Gasteiger partial charge in [0.05, 0.1) is 0 Å². The minimum Gasteiger partial charge on any atom is -0.492 e. The van der Waals surface area contributed by atoms with Gasteiger partial charge in [-0.2, -0.15) is 0 Å². The highest BCUT2D eigenvalue weighted by molar-refractivity contribution is 5.92. The van der Waals surface area contributed by atoms with Crippen LogP contribution in [0.4, 0.5) is 5.69 Å². The van der Waals surface area contributed by atoms with E-state index in [9.17, 15) is 4.79 Å². The molecular formula is C15H23ClN2O2. The number of halogens is 1. The van der Waals surface area contributed by atoms with Gasteiger partial charge in [-0.25, -0.2) is 0 Å². The first-order chi connectivity index (χ1) is 9.08. The molecule has 1 atom stereocenters. The topological polar surface area (TPSA) is 50.4 Å². The zero-order valence-corrected chi connectivity index (χ0v) is 13.0. The fraction of sp³-hybridized carbons (Fsp3) is 0.533. The van der Waals surface area contributed by atoms with E-state index in [0.29, 0.717) is 12.5 Å². The van der Waals surface area contributed by atoms with Crippen LogP contribution >= 0.6 is 12.4 Å². The van der Waals surface area contributed by atoms with Crippen LogP contribution in [0.25, 0.3) is 0 Å². The minimum absolute atomic E-state index is 0. The molecule has 4 nitrogen and oxygen atoms in total. The van der Waals surface area contributed by atoms with Gasteiger partial charge >= 0.3 is 0 Å². The van der Waals surface area contributed by atoms with Crippen molar-refractivity contribution in [1.29, 1.82) is 0 Å². The molecule has 0 aliphatic carbocycles. The number of carbonyl (C=O) groups is 1. The van der Waals surface area contributed by atoms with Gasteiger partial charge in [-0.1, -0.05) is 20.8 Å². The van der Waals surface area contributed by atoms with E-state index in [1.54, 1.807) is 0 Å². The minimum atomic E-state index is 0. The third-order valence-corrected chi connectivity index (χ3v) is 3.59. The molecule has 0 bridgehead atoms. The van der Waals surface area contributed by atoms with Crippen molar-refractivity contribution in [3.8, 4) is 5.75 Å². The second-order valence-electron chi connectivity index (χ2n) is 5.37. The lowest BCUT2D eigenvalue weighted by molar-refractivity contribution is -0.120. The van der Waals surface area contributed by atoms with Gasteiger partial charge in [0.15, 0.2) is 0 Å². The Morgan fingerprint density at radius 3 is 2.80 bits per heavy atom. The van der Waals surface area contributed by atoms with E-state index >= 15 is 0 Å². The number of nitrogens with one attached hydrogen (secondary N) is 2. The van der Waals surface area contributed by atoms with E-state index in [-0.39, 0.29) is 24.2 Å². The summed E-state index contributed by atoms with van der Waals surface area (Å²) in [5.41, 5.74) is 1.93. The molecule has 0 aromatic heterocycles. The molecule has 1 unspecified atom stereocenters. The Kier molecular flexibility index (Phi) is 6.30. The van der Waals surface area contributed by atoms with E-state index in [1.165, 1.54) is 0 Å². The summed E-state index contributed by atoms with van der Waals surface area (Å²) < 4.78 is 5.62. The predicted octanol–water partition coefficient (Wildman–Crippen LogP) is 2.82. The van der Waals surface area contributed by atoms with Gasteiger partial charge in [0, 0.05) is 30.3 Å². The number of hydrogen-bond donors (Lipinski definition) is 2. The largest absolute Gasteiger partial charge is 0.492 e. The predicted molar refractivity (Wildman–Crippen MR) is 83.5 cm³/mol. The summed E-state index contributed by atoms with van der Waals surface area (Å²) in [6.07, 6.45) is 0. The lowest BCUT2D eigenvalue weighted by atomic mass is 9.97. The van der Waals surface area contributed by atoms with Crippen LogP contribution in [0, 0.1) is 11.8 Å². The third kappa shape index (κ3) is 4.12. The Morgan fingerprint density at radius 1 is 1.35 bits per heavy atom. The van der Waals surface area contributed by atoms with Gasteiger partial charge in [-0.15, -0.1) is 12.4 Å². The zero-order chi connectivity index (χ0) is 13.8. The smallest absolute Gasteiger partial charge is 0.227 e. The Labute approximate surface area is 126 Å². The van der Waals surface area contributed by atoms with Crippen molar-refractivity contribution >= 4 is 24.0 Å². The highest BCUT2D eigenvalue weighted by atomic mass is 35.5. The van der Waals surface area contributed by atoms with Crippen LogP contribution < -0.4 is 15.4 Å². The molecule has 0 fully saturated rings. The highest BCUT2D eigenvalue weighted by Crippen LogP contribution is 2.24. The summed E-state index contributed by atoms with van der Waals surface area (Å²) >= 11 is 0. The van der Waals surface area contributed by atoms with E-state index in [4.69, 9.17) is 4.74 Å². The van der Waals surface area contributed by atoms with Crippen LogP contribution in [0.1, 0.15) is 26.3 Å². The zero-order valence-electron chi connectivity index (χ0n) is 12.2. The normalized spacial score (nSPS) is 15.4. The first-order valence-electron chi connectivity index (χ1n) is 6.85. The van der Waals surface area contributed by atoms with Crippen molar-refractivity contribution in [2.45, 2.75) is 27.3 Å². The maximum atomic E-state index is 12.0.